The predicted octanol–water partition coefficient (Wildman–Crippen LogP) is 3.03. The first-order valence-corrected chi connectivity index (χ1v) is 7.77. The lowest BCUT2D eigenvalue weighted by atomic mass is 10.00. The van der Waals surface area contributed by atoms with E-state index in [2.05, 4.69) is 17.3 Å². The molecule has 1 unspecified atom stereocenters. The van der Waals surface area contributed by atoms with Crippen LogP contribution in [0.15, 0.2) is 0 Å². The number of likely N-dealkylation sites (tertiary alicyclic amines) is 1. The summed E-state index contributed by atoms with van der Waals surface area (Å²) in [5.74, 6) is 1.04. The van der Waals surface area contributed by atoms with E-state index in [4.69, 9.17) is 0 Å². The molecule has 0 radical (unpaired) electrons. The van der Waals surface area contributed by atoms with Crippen LogP contribution in [0.4, 0.5) is 0 Å². The third-order valence-corrected chi connectivity index (χ3v) is 4.78. The van der Waals surface area contributed by atoms with Crippen LogP contribution in [0.1, 0.15) is 57.8 Å². The predicted molar refractivity (Wildman–Crippen MR) is 74.3 cm³/mol. The molecule has 0 bridgehead atoms. The highest BCUT2D eigenvalue weighted by Crippen LogP contribution is 2.26. The van der Waals surface area contributed by atoms with Gasteiger partial charge in [0.1, 0.15) is 0 Å². The molecule has 100 valence electrons. The number of piperidine rings is 1. The van der Waals surface area contributed by atoms with Crippen LogP contribution >= 0.6 is 0 Å². The number of nitrogens with zero attached hydrogens (tertiary/aromatic N) is 1. The minimum atomic E-state index is 0.850. The maximum atomic E-state index is 3.65. The molecule has 2 nitrogen and oxygen atoms in total. The zero-order valence-electron chi connectivity index (χ0n) is 11.6. The highest BCUT2D eigenvalue weighted by atomic mass is 15.1. The average Bonchev–Trinajstić information content (AvgIpc) is 2.84. The number of hydrogen-bond acceptors (Lipinski definition) is 2. The molecule has 0 spiro atoms. The second-order valence-corrected chi connectivity index (χ2v) is 6.11. The van der Waals surface area contributed by atoms with Crippen molar-refractivity contribution in [2.45, 2.75) is 63.8 Å². The number of rotatable bonds is 6. The van der Waals surface area contributed by atoms with E-state index in [0.717, 1.165) is 12.0 Å². The Kier molecular flexibility index (Phi) is 5.79. The maximum Gasteiger partial charge on any atom is 0.0104 e. The Balaban J connectivity index is 1.47. The van der Waals surface area contributed by atoms with Crippen molar-refractivity contribution in [3.05, 3.63) is 0 Å². The van der Waals surface area contributed by atoms with E-state index in [0.29, 0.717) is 0 Å². The maximum absolute atomic E-state index is 3.65. The molecular weight excluding hydrogens is 208 g/mol. The Bertz CT molecular complexity index is 199. The van der Waals surface area contributed by atoms with Crippen LogP contribution < -0.4 is 5.32 Å². The molecule has 1 aliphatic heterocycles. The Morgan fingerprint density at radius 2 is 1.65 bits per heavy atom. The lowest BCUT2D eigenvalue weighted by Gasteiger charge is -2.32. The number of nitrogens with one attached hydrogen (secondary N) is 1. The van der Waals surface area contributed by atoms with Crippen LogP contribution in [0.3, 0.4) is 0 Å². The van der Waals surface area contributed by atoms with Crippen molar-refractivity contribution < 1.29 is 0 Å². The van der Waals surface area contributed by atoms with Gasteiger partial charge in [-0.3, -0.25) is 0 Å². The fourth-order valence-electron chi connectivity index (χ4n) is 3.51. The topological polar surface area (TPSA) is 15.3 Å². The van der Waals surface area contributed by atoms with Crippen molar-refractivity contribution in [2.24, 2.45) is 5.92 Å². The Morgan fingerprint density at radius 3 is 2.41 bits per heavy atom. The van der Waals surface area contributed by atoms with Gasteiger partial charge in [0.25, 0.3) is 0 Å². The van der Waals surface area contributed by atoms with Crippen LogP contribution in [0.2, 0.25) is 0 Å². The third-order valence-electron chi connectivity index (χ3n) is 4.78. The second-order valence-electron chi connectivity index (χ2n) is 6.11. The monoisotopic (exact) mass is 238 g/mol. The smallest absolute Gasteiger partial charge is 0.0104 e. The molecule has 0 aromatic heterocycles. The van der Waals surface area contributed by atoms with E-state index in [-0.39, 0.29) is 0 Å². The van der Waals surface area contributed by atoms with Crippen LogP contribution in [0.25, 0.3) is 0 Å². The Hall–Kier alpha value is -0.0800. The highest BCUT2D eigenvalue weighted by Gasteiger charge is 2.18. The molecule has 0 aromatic carbocycles. The molecule has 2 aliphatic rings. The van der Waals surface area contributed by atoms with Crippen molar-refractivity contribution in [1.82, 2.24) is 10.2 Å². The summed E-state index contributed by atoms with van der Waals surface area (Å²) in [6.07, 6.45) is 13.0. The van der Waals surface area contributed by atoms with Gasteiger partial charge in [0, 0.05) is 6.04 Å². The van der Waals surface area contributed by atoms with E-state index in [9.17, 15) is 0 Å². The molecule has 1 atom stereocenters. The van der Waals surface area contributed by atoms with Gasteiger partial charge in [0.2, 0.25) is 0 Å². The van der Waals surface area contributed by atoms with Gasteiger partial charge in [-0.2, -0.15) is 0 Å². The Labute approximate surface area is 107 Å². The van der Waals surface area contributed by atoms with E-state index in [1.54, 1.807) is 0 Å². The standard InChI is InChI=1S/C15H30N2/c1-17-13-5-4-8-15(17)10-12-16-11-9-14-6-2-3-7-14/h14-16H,2-13H2,1H3. The van der Waals surface area contributed by atoms with E-state index in [1.165, 1.54) is 77.4 Å². The van der Waals surface area contributed by atoms with Crippen LogP contribution in [0, 0.1) is 5.92 Å². The first-order chi connectivity index (χ1) is 8.36. The average molecular weight is 238 g/mol. The summed E-state index contributed by atoms with van der Waals surface area (Å²) in [6.45, 7) is 3.79. The summed E-state index contributed by atoms with van der Waals surface area (Å²) < 4.78 is 0. The lowest BCUT2D eigenvalue weighted by Crippen LogP contribution is -2.38. The van der Waals surface area contributed by atoms with Crippen molar-refractivity contribution in [3.8, 4) is 0 Å². The molecule has 0 aromatic rings. The van der Waals surface area contributed by atoms with E-state index in [1.807, 2.05) is 0 Å². The lowest BCUT2D eigenvalue weighted by molar-refractivity contribution is 0.175. The van der Waals surface area contributed by atoms with Crippen molar-refractivity contribution >= 4 is 0 Å². The molecule has 1 saturated carbocycles. The summed E-state index contributed by atoms with van der Waals surface area (Å²) in [7, 11) is 2.29. The molecule has 17 heavy (non-hydrogen) atoms. The van der Waals surface area contributed by atoms with Crippen LogP contribution in [-0.2, 0) is 0 Å². The molecule has 1 N–H and O–H groups in total. The first kappa shape index (κ1) is 13.4. The fourth-order valence-corrected chi connectivity index (χ4v) is 3.51. The normalized spacial score (nSPS) is 27.7. The van der Waals surface area contributed by atoms with Gasteiger partial charge in [-0.15, -0.1) is 0 Å². The molecule has 1 heterocycles. The van der Waals surface area contributed by atoms with Gasteiger partial charge in [-0.1, -0.05) is 32.1 Å². The van der Waals surface area contributed by atoms with Crippen LogP contribution in [-0.4, -0.2) is 37.6 Å². The molecule has 1 saturated heterocycles. The summed E-state index contributed by atoms with van der Waals surface area (Å²) in [5, 5.41) is 3.65. The number of hydrogen-bond donors (Lipinski definition) is 1. The molecule has 2 heteroatoms. The van der Waals surface area contributed by atoms with Gasteiger partial charge < -0.3 is 10.2 Å². The Morgan fingerprint density at radius 1 is 0.941 bits per heavy atom. The van der Waals surface area contributed by atoms with E-state index < -0.39 is 0 Å². The summed E-state index contributed by atoms with van der Waals surface area (Å²) in [4.78, 5) is 2.56. The highest BCUT2D eigenvalue weighted by molar-refractivity contribution is 4.75. The molecular formula is C15H30N2. The summed E-state index contributed by atoms with van der Waals surface area (Å²) in [6, 6.07) is 0.850. The fraction of sp³-hybridized carbons (Fsp3) is 1.00. The zero-order valence-corrected chi connectivity index (χ0v) is 11.6. The first-order valence-electron chi connectivity index (χ1n) is 7.77. The quantitative estimate of drug-likeness (QED) is 0.716. The third kappa shape index (κ3) is 4.59. The molecule has 1 aliphatic carbocycles. The van der Waals surface area contributed by atoms with Crippen molar-refractivity contribution in [2.75, 3.05) is 26.7 Å². The minimum Gasteiger partial charge on any atom is -0.317 e. The van der Waals surface area contributed by atoms with Crippen LogP contribution in [0.5, 0.6) is 0 Å². The molecule has 2 fully saturated rings. The van der Waals surface area contributed by atoms with Crippen molar-refractivity contribution in [1.29, 1.82) is 0 Å². The molecule has 2 rings (SSSR count). The molecule has 0 amide bonds. The van der Waals surface area contributed by atoms with Gasteiger partial charge in [0.05, 0.1) is 0 Å². The zero-order chi connectivity index (χ0) is 11.9. The largest absolute Gasteiger partial charge is 0.317 e. The van der Waals surface area contributed by atoms with Crippen molar-refractivity contribution in [3.63, 3.8) is 0 Å². The summed E-state index contributed by atoms with van der Waals surface area (Å²) >= 11 is 0. The second kappa shape index (κ2) is 7.38. The van der Waals surface area contributed by atoms with Gasteiger partial charge in [-0.25, -0.2) is 0 Å². The summed E-state index contributed by atoms with van der Waals surface area (Å²) in [5.41, 5.74) is 0. The van der Waals surface area contributed by atoms with E-state index >= 15 is 0 Å². The van der Waals surface area contributed by atoms with Gasteiger partial charge in [0.15, 0.2) is 0 Å². The SMILES string of the molecule is CN1CCCCC1CCNCCC1CCCC1. The van der Waals surface area contributed by atoms with Gasteiger partial charge >= 0.3 is 0 Å². The van der Waals surface area contributed by atoms with Gasteiger partial charge in [-0.05, 0) is 58.3 Å². The minimum absolute atomic E-state index is 0.850.